The number of nitro groups is 1. The summed E-state index contributed by atoms with van der Waals surface area (Å²) in [6.45, 7) is 3.74. The highest BCUT2D eigenvalue weighted by molar-refractivity contribution is 5.77. The molecule has 0 fully saturated rings. The Balaban J connectivity index is 2.48. The van der Waals surface area contributed by atoms with E-state index in [0.717, 1.165) is 11.1 Å². The number of aldehydes is 1. The topological polar surface area (TPSA) is 69.4 Å². The molecule has 0 unspecified atom stereocenters. The third kappa shape index (κ3) is 2.66. The highest BCUT2D eigenvalue weighted by atomic mass is 16.6. The van der Waals surface area contributed by atoms with Crippen molar-refractivity contribution in [2.24, 2.45) is 0 Å². The lowest BCUT2D eigenvalue weighted by molar-refractivity contribution is -0.385. The SMILES string of the molecule is Cc1cccc(C)c1Oc1ccc(C=O)cc1[N+](=O)[O-]. The van der Waals surface area contributed by atoms with E-state index in [2.05, 4.69) is 0 Å². The average Bonchev–Trinajstić information content (AvgIpc) is 2.43. The van der Waals surface area contributed by atoms with E-state index in [1.165, 1.54) is 18.2 Å². The minimum atomic E-state index is -0.560. The van der Waals surface area contributed by atoms with Crippen molar-refractivity contribution >= 4 is 12.0 Å². The molecule has 0 aliphatic carbocycles. The van der Waals surface area contributed by atoms with Crippen molar-refractivity contribution in [3.8, 4) is 11.5 Å². The summed E-state index contributed by atoms with van der Waals surface area (Å²) in [4.78, 5) is 21.2. The van der Waals surface area contributed by atoms with E-state index in [-0.39, 0.29) is 17.0 Å². The summed E-state index contributed by atoms with van der Waals surface area (Å²) in [6.07, 6.45) is 0.565. The van der Waals surface area contributed by atoms with Crippen molar-refractivity contribution < 1.29 is 14.5 Å². The van der Waals surface area contributed by atoms with Crippen LogP contribution in [0, 0.1) is 24.0 Å². The van der Waals surface area contributed by atoms with Crippen molar-refractivity contribution in [2.45, 2.75) is 13.8 Å². The van der Waals surface area contributed by atoms with Gasteiger partial charge in [0.2, 0.25) is 5.75 Å². The van der Waals surface area contributed by atoms with Gasteiger partial charge in [0.05, 0.1) is 4.92 Å². The number of rotatable bonds is 4. The van der Waals surface area contributed by atoms with E-state index in [0.29, 0.717) is 12.0 Å². The Labute approximate surface area is 116 Å². The molecule has 0 aliphatic rings. The van der Waals surface area contributed by atoms with Gasteiger partial charge in [0.1, 0.15) is 12.0 Å². The molecule has 0 atom stereocenters. The molecule has 0 aromatic heterocycles. The van der Waals surface area contributed by atoms with Crippen LogP contribution in [0.25, 0.3) is 0 Å². The number of ether oxygens (including phenoxy) is 1. The van der Waals surface area contributed by atoms with E-state index in [9.17, 15) is 14.9 Å². The Bertz CT molecular complexity index is 659. The first-order valence-electron chi connectivity index (χ1n) is 6.00. The summed E-state index contributed by atoms with van der Waals surface area (Å²) in [5.41, 5.74) is 1.79. The Hall–Kier alpha value is -2.69. The van der Waals surface area contributed by atoms with Gasteiger partial charge in [-0.1, -0.05) is 18.2 Å². The predicted molar refractivity (Wildman–Crippen MR) is 74.5 cm³/mol. The number of hydrogen-bond donors (Lipinski definition) is 0. The third-order valence-corrected chi connectivity index (χ3v) is 2.94. The average molecular weight is 271 g/mol. The Morgan fingerprint density at radius 3 is 2.35 bits per heavy atom. The molecule has 2 aromatic carbocycles. The van der Waals surface area contributed by atoms with E-state index in [1.54, 1.807) is 0 Å². The number of nitrogens with zero attached hydrogens (tertiary/aromatic N) is 1. The number of carbonyl (C=O) groups excluding carboxylic acids is 1. The Kier molecular flexibility index (Phi) is 3.79. The normalized spacial score (nSPS) is 10.1. The summed E-state index contributed by atoms with van der Waals surface area (Å²) < 4.78 is 5.67. The van der Waals surface area contributed by atoms with Gasteiger partial charge in [0.25, 0.3) is 0 Å². The van der Waals surface area contributed by atoms with Crippen LogP contribution in [0.3, 0.4) is 0 Å². The zero-order valence-electron chi connectivity index (χ0n) is 11.1. The number of nitro benzene ring substituents is 1. The van der Waals surface area contributed by atoms with Gasteiger partial charge >= 0.3 is 5.69 Å². The van der Waals surface area contributed by atoms with Crippen LogP contribution in [0.1, 0.15) is 21.5 Å². The highest BCUT2D eigenvalue weighted by Crippen LogP contribution is 2.34. The maximum atomic E-state index is 11.1. The smallest absolute Gasteiger partial charge is 0.312 e. The number of aryl methyl sites for hydroxylation is 2. The summed E-state index contributed by atoms with van der Waals surface area (Å²) in [5.74, 6) is 0.715. The quantitative estimate of drug-likeness (QED) is 0.481. The van der Waals surface area contributed by atoms with Crippen LogP contribution in [-0.4, -0.2) is 11.2 Å². The van der Waals surface area contributed by atoms with Crippen molar-refractivity contribution in [1.29, 1.82) is 0 Å². The molecule has 0 radical (unpaired) electrons. The van der Waals surface area contributed by atoms with Crippen molar-refractivity contribution in [1.82, 2.24) is 0 Å². The lowest BCUT2D eigenvalue weighted by Gasteiger charge is -2.11. The molecule has 0 N–H and O–H groups in total. The first-order chi connectivity index (χ1) is 9.52. The monoisotopic (exact) mass is 271 g/mol. The predicted octanol–water partition coefficient (Wildman–Crippen LogP) is 3.82. The number of hydrogen-bond acceptors (Lipinski definition) is 4. The van der Waals surface area contributed by atoms with Gasteiger partial charge < -0.3 is 4.74 Å². The summed E-state index contributed by atoms with van der Waals surface area (Å²) in [6, 6.07) is 9.76. The molecule has 2 aromatic rings. The standard InChI is InChI=1S/C15H13NO4/c1-10-4-3-5-11(2)15(10)20-14-7-6-12(9-17)8-13(14)16(18)19/h3-9H,1-2H3. The lowest BCUT2D eigenvalue weighted by atomic mass is 10.1. The molecule has 0 saturated carbocycles. The second-order valence-electron chi connectivity index (χ2n) is 4.43. The minimum absolute atomic E-state index is 0.123. The molecular weight excluding hydrogens is 258 g/mol. The van der Waals surface area contributed by atoms with Crippen LogP contribution < -0.4 is 4.74 Å². The van der Waals surface area contributed by atoms with E-state index < -0.39 is 4.92 Å². The molecule has 20 heavy (non-hydrogen) atoms. The fourth-order valence-electron chi connectivity index (χ4n) is 1.91. The van der Waals surface area contributed by atoms with Crippen molar-refractivity contribution in [2.75, 3.05) is 0 Å². The molecule has 5 nitrogen and oxygen atoms in total. The van der Waals surface area contributed by atoms with E-state index in [4.69, 9.17) is 4.74 Å². The maximum absolute atomic E-state index is 11.1. The van der Waals surface area contributed by atoms with Crippen LogP contribution in [-0.2, 0) is 0 Å². The van der Waals surface area contributed by atoms with Gasteiger partial charge in [-0.15, -0.1) is 0 Å². The number of benzene rings is 2. The molecular formula is C15H13NO4. The van der Waals surface area contributed by atoms with Crippen LogP contribution in [0.5, 0.6) is 11.5 Å². The van der Waals surface area contributed by atoms with Crippen LogP contribution in [0.15, 0.2) is 36.4 Å². The minimum Gasteiger partial charge on any atom is -0.450 e. The number of para-hydroxylation sites is 1. The molecule has 0 spiro atoms. The van der Waals surface area contributed by atoms with Crippen molar-refractivity contribution in [3.05, 3.63) is 63.2 Å². The van der Waals surface area contributed by atoms with Gasteiger partial charge in [-0.05, 0) is 37.1 Å². The van der Waals surface area contributed by atoms with E-state index >= 15 is 0 Å². The molecule has 102 valence electrons. The molecule has 0 aliphatic heterocycles. The molecule has 0 amide bonds. The highest BCUT2D eigenvalue weighted by Gasteiger charge is 2.18. The fourth-order valence-corrected chi connectivity index (χ4v) is 1.91. The van der Waals surface area contributed by atoms with Crippen LogP contribution in [0.2, 0.25) is 0 Å². The van der Waals surface area contributed by atoms with Crippen LogP contribution >= 0.6 is 0 Å². The molecule has 0 saturated heterocycles. The fraction of sp³-hybridized carbons (Fsp3) is 0.133. The first kappa shape index (κ1) is 13.7. The van der Waals surface area contributed by atoms with Gasteiger partial charge in [-0.3, -0.25) is 14.9 Å². The second-order valence-corrected chi connectivity index (χ2v) is 4.43. The van der Waals surface area contributed by atoms with Gasteiger partial charge in [-0.2, -0.15) is 0 Å². The maximum Gasteiger partial charge on any atom is 0.312 e. The third-order valence-electron chi connectivity index (χ3n) is 2.94. The summed E-state index contributed by atoms with van der Waals surface area (Å²) in [5, 5.41) is 11.1. The zero-order chi connectivity index (χ0) is 14.7. The molecule has 2 rings (SSSR count). The summed E-state index contributed by atoms with van der Waals surface area (Å²) >= 11 is 0. The van der Waals surface area contributed by atoms with E-state index in [1.807, 2.05) is 32.0 Å². The zero-order valence-corrected chi connectivity index (χ0v) is 11.1. The Morgan fingerprint density at radius 1 is 1.15 bits per heavy atom. The number of carbonyl (C=O) groups is 1. The summed E-state index contributed by atoms with van der Waals surface area (Å²) in [7, 11) is 0. The Morgan fingerprint density at radius 2 is 1.80 bits per heavy atom. The lowest BCUT2D eigenvalue weighted by Crippen LogP contribution is -1.97. The second kappa shape index (κ2) is 5.52. The van der Waals surface area contributed by atoms with Crippen LogP contribution in [0.4, 0.5) is 5.69 Å². The van der Waals surface area contributed by atoms with Gasteiger partial charge in [0.15, 0.2) is 0 Å². The first-order valence-corrected chi connectivity index (χ1v) is 6.00. The van der Waals surface area contributed by atoms with Crippen molar-refractivity contribution in [3.63, 3.8) is 0 Å². The van der Waals surface area contributed by atoms with Gasteiger partial charge in [0, 0.05) is 11.6 Å². The molecule has 5 heteroatoms. The van der Waals surface area contributed by atoms with Gasteiger partial charge in [-0.25, -0.2) is 0 Å². The molecule has 0 heterocycles. The molecule has 0 bridgehead atoms. The largest absolute Gasteiger partial charge is 0.450 e.